The standard InChI is InChI=1S/C22H19ClN2O6S/c23-20-14-5-1-4-8-17(14)32-21(20)22(28)25-10-19(27)30-12-18(26)24-9-13-11-29-15-6-2-3-7-16(15)31-13/h1-8,13H,9-12H2,(H,24,26)(H,25,28). The number of para-hydroxylation sites is 2. The smallest absolute Gasteiger partial charge is 0.325 e. The zero-order chi connectivity index (χ0) is 22.5. The number of carbonyl (C=O) groups excluding carboxylic acids is 3. The van der Waals surface area contributed by atoms with Gasteiger partial charge in [0.05, 0.1) is 11.6 Å². The molecule has 2 heterocycles. The quantitative estimate of drug-likeness (QED) is 0.510. The third kappa shape index (κ3) is 5.12. The van der Waals surface area contributed by atoms with Gasteiger partial charge in [-0.2, -0.15) is 0 Å². The third-order valence-corrected chi connectivity index (χ3v) is 6.27. The van der Waals surface area contributed by atoms with Crippen molar-refractivity contribution < 1.29 is 28.6 Å². The number of benzene rings is 2. The highest BCUT2D eigenvalue weighted by Gasteiger charge is 2.21. The molecular formula is C22H19ClN2O6S. The van der Waals surface area contributed by atoms with E-state index < -0.39 is 24.4 Å². The summed E-state index contributed by atoms with van der Waals surface area (Å²) in [6.45, 7) is -0.356. The van der Waals surface area contributed by atoms with Crippen molar-refractivity contribution in [2.24, 2.45) is 0 Å². The van der Waals surface area contributed by atoms with Crippen molar-refractivity contribution in [1.82, 2.24) is 10.6 Å². The van der Waals surface area contributed by atoms with E-state index in [-0.39, 0.29) is 19.2 Å². The number of rotatable bonds is 7. The molecule has 2 aromatic carbocycles. The summed E-state index contributed by atoms with van der Waals surface area (Å²) in [5, 5.41) is 6.21. The van der Waals surface area contributed by atoms with Crippen LogP contribution in [0.1, 0.15) is 9.67 Å². The van der Waals surface area contributed by atoms with Crippen LogP contribution >= 0.6 is 22.9 Å². The lowest BCUT2D eigenvalue weighted by Crippen LogP contribution is -2.42. The topological polar surface area (TPSA) is 103 Å². The van der Waals surface area contributed by atoms with Crippen molar-refractivity contribution in [1.29, 1.82) is 0 Å². The molecule has 1 aromatic heterocycles. The Morgan fingerprint density at radius 2 is 1.81 bits per heavy atom. The molecular weight excluding hydrogens is 456 g/mol. The van der Waals surface area contributed by atoms with Gasteiger partial charge in [-0.1, -0.05) is 41.9 Å². The third-order valence-electron chi connectivity index (χ3n) is 4.59. The number of ether oxygens (including phenoxy) is 3. The zero-order valence-electron chi connectivity index (χ0n) is 16.8. The predicted molar refractivity (Wildman–Crippen MR) is 119 cm³/mol. The molecule has 2 N–H and O–H groups in total. The molecule has 1 atom stereocenters. The minimum Gasteiger partial charge on any atom is -0.486 e. The maximum Gasteiger partial charge on any atom is 0.325 e. The number of carbonyl (C=O) groups is 3. The Hall–Kier alpha value is -3.30. The Balaban J connectivity index is 1.17. The van der Waals surface area contributed by atoms with E-state index in [1.54, 1.807) is 12.1 Å². The Morgan fingerprint density at radius 1 is 1.06 bits per heavy atom. The van der Waals surface area contributed by atoms with Crippen LogP contribution in [-0.4, -0.2) is 50.2 Å². The first-order valence-electron chi connectivity index (χ1n) is 9.77. The Kier molecular flexibility index (Phi) is 6.77. The van der Waals surface area contributed by atoms with Crippen molar-refractivity contribution in [3.05, 3.63) is 58.4 Å². The molecule has 32 heavy (non-hydrogen) atoms. The number of fused-ring (bicyclic) bond motifs is 2. The fourth-order valence-electron chi connectivity index (χ4n) is 3.03. The van der Waals surface area contributed by atoms with Gasteiger partial charge in [0.1, 0.15) is 24.1 Å². The number of esters is 1. The van der Waals surface area contributed by atoms with Crippen LogP contribution in [0.15, 0.2) is 48.5 Å². The molecule has 4 rings (SSSR count). The molecule has 0 saturated carbocycles. The molecule has 3 aromatic rings. The SMILES string of the molecule is O=C(COC(=O)CNC(=O)c1sc2ccccc2c1Cl)NCC1COc2ccccc2O1. The molecule has 0 bridgehead atoms. The Morgan fingerprint density at radius 3 is 2.62 bits per heavy atom. The monoisotopic (exact) mass is 474 g/mol. The van der Waals surface area contributed by atoms with Gasteiger partial charge < -0.3 is 24.8 Å². The van der Waals surface area contributed by atoms with Crippen LogP contribution in [0.4, 0.5) is 0 Å². The summed E-state index contributed by atoms with van der Waals surface area (Å²) in [5.41, 5.74) is 0. The molecule has 10 heteroatoms. The molecule has 166 valence electrons. The first-order chi connectivity index (χ1) is 15.5. The second-order valence-electron chi connectivity index (χ2n) is 6.89. The number of thiophene rings is 1. The van der Waals surface area contributed by atoms with Crippen molar-refractivity contribution in [3.8, 4) is 11.5 Å². The summed E-state index contributed by atoms with van der Waals surface area (Å²) in [6.07, 6.45) is -0.352. The van der Waals surface area contributed by atoms with Crippen LogP contribution in [0, 0.1) is 0 Å². The molecule has 1 aliphatic heterocycles. The second kappa shape index (κ2) is 9.88. The van der Waals surface area contributed by atoms with Gasteiger partial charge >= 0.3 is 5.97 Å². The minimum absolute atomic E-state index is 0.200. The largest absolute Gasteiger partial charge is 0.486 e. The van der Waals surface area contributed by atoms with Gasteiger partial charge in [-0.3, -0.25) is 14.4 Å². The van der Waals surface area contributed by atoms with Crippen molar-refractivity contribution in [2.75, 3.05) is 26.3 Å². The number of amides is 2. The molecule has 1 unspecified atom stereocenters. The van der Waals surface area contributed by atoms with Gasteiger partial charge in [0.2, 0.25) is 0 Å². The molecule has 0 fully saturated rings. The minimum atomic E-state index is -0.739. The van der Waals surface area contributed by atoms with Crippen molar-refractivity contribution in [2.45, 2.75) is 6.10 Å². The van der Waals surface area contributed by atoms with Gasteiger partial charge in [0, 0.05) is 10.1 Å². The van der Waals surface area contributed by atoms with Gasteiger partial charge in [-0.25, -0.2) is 0 Å². The lowest BCUT2D eigenvalue weighted by molar-refractivity contribution is -0.147. The van der Waals surface area contributed by atoms with Gasteiger partial charge in [-0.05, 0) is 18.2 Å². The van der Waals surface area contributed by atoms with E-state index in [4.69, 9.17) is 25.8 Å². The summed E-state index contributed by atoms with van der Waals surface area (Å²) in [5.74, 6) is -0.439. The first-order valence-corrected chi connectivity index (χ1v) is 11.0. The van der Waals surface area contributed by atoms with Crippen LogP contribution in [0.2, 0.25) is 5.02 Å². The molecule has 0 saturated heterocycles. The molecule has 0 radical (unpaired) electrons. The molecule has 1 aliphatic rings. The number of nitrogens with one attached hydrogen (secondary N) is 2. The molecule has 0 spiro atoms. The lowest BCUT2D eigenvalue weighted by atomic mass is 10.2. The summed E-state index contributed by atoms with van der Waals surface area (Å²) < 4.78 is 17.1. The van der Waals surface area contributed by atoms with E-state index in [9.17, 15) is 14.4 Å². The second-order valence-corrected chi connectivity index (χ2v) is 8.32. The number of hydrogen-bond donors (Lipinski definition) is 2. The average molecular weight is 475 g/mol. The fraction of sp³-hybridized carbons (Fsp3) is 0.227. The number of hydrogen-bond acceptors (Lipinski definition) is 7. The van der Waals surface area contributed by atoms with E-state index in [0.717, 1.165) is 10.1 Å². The van der Waals surface area contributed by atoms with Crippen LogP contribution < -0.4 is 20.1 Å². The lowest BCUT2D eigenvalue weighted by Gasteiger charge is -2.26. The number of halogens is 1. The van der Waals surface area contributed by atoms with Crippen molar-refractivity contribution >= 4 is 50.8 Å². The maximum absolute atomic E-state index is 12.3. The van der Waals surface area contributed by atoms with E-state index >= 15 is 0 Å². The van der Waals surface area contributed by atoms with E-state index in [0.29, 0.717) is 28.0 Å². The normalized spacial score (nSPS) is 14.6. The zero-order valence-corrected chi connectivity index (χ0v) is 18.3. The Labute approximate surface area is 192 Å². The van der Waals surface area contributed by atoms with Gasteiger partial charge in [0.25, 0.3) is 11.8 Å². The Bertz CT molecular complexity index is 1160. The average Bonchev–Trinajstić information content (AvgIpc) is 3.16. The van der Waals surface area contributed by atoms with E-state index in [2.05, 4.69) is 10.6 Å². The van der Waals surface area contributed by atoms with Crippen LogP contribution in [0.3, 0.4) is 0 Å². The molecule has 0 aliphatic carbocycles. The molecule has 2 amide bonds. The van der Waals surface area contributed by atoms with Gasteiger partial charge in [-0.15, -0.1) is 11.3 Å². The summed E-state index contributed by atoms with van der Waals surface area (Å²) in [6, 6.07) is 14.6. The summed E-state index contributed by atoms with van der Waals surface area (Å²) in [7, 11) is 0. The molecule has 8 nitrogen and oxygen atoms in total. The fourth-order valence-corrected chi connectivity index (χ4v) is 4.47. The van der Waals surface area contributed by atoms with Crippen molar-refractivity contribution in [3.63, 3.8) is 0 Å². The van der Waals surface area contributed by atoms with E-state index in [1.165, 1.54) is 11.3 Å². The highest BCUT2D eigenvalue weighted by Crippen LogP contribution is 2.35. The highest BCUT2D eigenvalue weighted by molar-refractivity contribution is 7.21. The predicted octanol–water partition coefficient (Wildman–Crippen LogP) is 2.78. The van der Waals surface area contributed by atoms with Crippen LogP contribution in [-0.2, 0) is 14.3 Å². The maximum atomic E-state index is 12.3. The van der Waals surface area contributed by atoms with Crippen LogP contribution in [0.5, 0.6) is 11.5 Å². The van der Waals surface area contributed by atoms with Gasteiger partial charge in [0.15, 0.2) is 18.1 Å². The summed E-state index contributed by atoms with van der Waals surface area (Å²) in [4.78, 5) is 36.5. The highest BCUT2D eigenvalue weighted by atomic mass is 35.5. The van der Waals surface area contributed by atoms with E-state index in [1.807, 2.05) is 36.4 Å². The van der Waals surface area contributed by atoms with Crippen LogP contribution in [0.25, 0.3) is 10.1 Å². The summed E-state index contributed by atoms with van der Waals surface area (Å²) >= 11 is 7.49. The first kappa shape index (κ1) is 21.9.